The van der Waals surface area contributed by atoms with E-state index < -0.39 is 11.9 Å². The molecule has 1 saturated carbocycles. The van der Waals surface area contributed by atoms with Gasteiger partial charge in [-0.2, -0.15) is 0 Å². The number of anilines is 1. The van der Waals surface area contributed by atoms with Crippen LogP contribution in [0.15, 0.2) is 30.6 Å². The van der Waals surface area contributed by atoms with Gasteiger partial charge in [-0.15, -0.1) is 0 Å². The van der Waals surface area contributed by atoms with Crippen molar-refractivity contribution in [3.63, 3.8) is 0 Å². The van der Waals surface area contributed by atoms with E-state index in [1.165, 1.54) is 31.5 Å². The van der Waals surface area contributed by atoms with Crippen LogP contribution in [-0.4, -0.2) is 71.9 Å². The fourth-order valence-electron chi connectivity index (χ4n) is 2.61. The van der Waals surface area contributed by atoms with E-state index in [-0.39, 0.29) is 0 Å². The first-order valence-corrected chi connectivity index (χ1v) is 9.09. The zero-order valence-corrected chi connectivity index (χ0v) is 15.6. The number of hydrogen-bond acceptors (Lipinski definition) is 6. The zero-order chi connectivity index (χ0) is 19.6. The molecular formula is C19H27N3O5. The van der Waals surface area contributed by atoms with Gasteiger partial charge in [-0.25, -0.2) is 9.59 Å². The Morgan fingerprint density at radius 3 is 2.48 bits per heavy atom. The quantitative estimate of drug-likeness (QED) is 0.723. The molecule has 27 heavy (non-hydrogen) atoms. The molecule has 1 aliphatic carbocycles. The van der Waals surface area contributed by atoms with E-state index in [4.69, 9.17) is 14.9 Å². The first-order chi connectivity index (χ1) is 12.9. The highest BCUT2D eigenvalue weighted by molar-refractivity contribution is 5.89. The van der Waals surface area contributed by atoms with Gasteiger partial charge >= 0.3 is 11.9 Å². The monoisotopic (exact) mass is 377 g/mol. The Morgan fingerprint density at radius 2 is 1.85 bits per heavy atom. The van der Waals surface area contributed by atoms with Crippen LogP contribution in [0.5, 0.6) is 5.75 Å². The SMILES string of the molecule is CN1CCCN(c2cncc(OCC3CC3)c2)CC1.O=C(O)/C=C/C(=O)O. The summed E-state index contributed by atoms with van der Waals surface area (Å²) >= 11 is 0. The van der Waals surface area contributed by atoms with E-state index in [9.17, 15) is 9.59 Å². The van der Waals surface area contributed by atoms with Gasteiger partial charge in [0.15, 0.2) is 0 Å². The third-order valence-electron chi connectivity index (χ3n) is 4.33. The summed E-state index contributed by atoms with van der Waals surface area (Å²) < 4.78 is 5.81. The van der Waals surface area contributed by atoms with Gasteiger partial charge in [0.25, 0.3) is 0 Å². The number of rotatable bonds is 6. The number of carboxylic acids is 2. The normalized spacial score (nSPS) is 17.7. The van der Waals surface area contributed by atoms with Gasteiger partial charge in [-0.1, -0.05) is 0 Å². The summed E-state index contributed by atoms with van der Waals surface area (Å²) in [6.45, 7) is 5.34. The molecule has 3 rings (SSSR count). The maximum Gasteiger partial charge on any atom is 0.328 e. The Hall–Kier alpha value is -2.61. The van der Waals surface area contributed by atoms with E-state index in [1.807, 2.05) is 12.4 Å². The van der Waals surface area contributed by atoms with Crippen LogP contribution in [0, 0.1) is 5.92 Å². The third kappa shape index (κ3) is 8.54. The summed E-state index contributed by atoms with van der Waals surface area (Å²) in [7, 11) is 2.19. The summed E-state index contributed by atoms with van der Waals surface area (Å²) in [4.78, 5) is 28.2. The lowest BCUT2D eigenvalue weighted by Gasteiger charge is -2.22. The van der Waals surface area contributed by atoms with E-state index in [1.54, 1.807) is 0 Å². The minimum Gasteiger partial charge on any atom is -0.492 e. The molecule has 2 N–H and O–H groups in total. The minimum absolute atomic E-state index is 0.558. The number of pyridine rings is 1. The van der Waals surface area contributed by atoms with Crippen LogP contribution in [0.25, 0.3) is 0 Å². The molecule has 0 unspecified atom stereocenters. The highest BCUT2D eigenvalue weighted by atomic mass is 16.5. The van der Waals surface area contributed by atoms with E-state index >= 15 is 0 Å². The van der Waals surface area contributed by atoms with Crippen LogP contribution in [-0.2, 0) is 9.59 Å². The maximum absolute atomic E-state index is 9.55. The highest BCUT2D eigenvalue weighted by Crippen LogP contribution is 2.30. The lowest BCUT2D eigenvalue weighted by Crippen LogP contribution is -2.28. The van der Waals surface area contributed by atoms with Crippen LogP contribution in [0.2, 0.25) is 0 Å². The third-order valence-corrected chi connectivity index (χ3v) is 4.33. The molecule has 0 radical (unpaired) electrons. The fraction of sp³-hybridized carbons (Fsp3) is 0.526. The topological polar surface area (TPSA) is 103 Å². The van der Waals surface area contributed by atoms with E-state index in [0.29, 0.717) is 12.2 Å². The molecule has 0 amide bonds. The molecule has 1 aromatic heterocycles. The molecule has 0 aromatic carbocycles. The van der Waals surface area contributed by atoms with Gasteiger partial charge in [0.05, 0.1) is 24.7 Å². The lowest BCUT2D eigenvalue weighted by atomic mass is 10.3. The molecule has 148 valence electrons. The lowest BCUT2D eigenvalue weighted by molar-refractivity contribution is -0.134. The predicted octanol–water partition coefficient (Wildman–Crippen LogP) is 1.72. The molecule has 2 aliphatic rings. The van der Waals surface area contributed by atoms with E-state index in [2.05, 4.69) is 27.9 Å². The van der Waals surface area contributed by atoms with E-state index in [0.717, 1.165) is 37.9 Å². The van der Waals surface area contributed by atoms with Crippen molar-refractivity contribution < 1.29 is 24.5 Å². The Morgan fingerprint density at radius 1 is 1.15 bits per heavy atom. The van der Waals surface area contributed by atoms with Crippen LogP contribution in [0.4, 0.5) is 5.69 Å². The van der Waals surface area contributed by atoms with Gasteiger partial charge < -0.3 is 24.7 Å². The zero-order valence-electron chi connectivity index (χ0n) is 15.6. The van der Waals surface area contributed by atoms with Gasteiger partial charge in [0.2, 0.25) is 0 Å². The molecule has 0 atom stereocenters. The second kappa shape index (κ2) is 10.5. The smallest absolute Gasteiger partial charge is 0.328 e. The highest BCUT2D eigenvalue weighted by Gasteiger charge is 2.22. The second-order valence-corrected chi connectivity index (χ2v) is 6.79. The summed E-state index contributed by atoms with van der Waals surface area (Å²) in [5.74, 6) is -0.808. The Balaban J connectivity index is 0.000000279. The Bertz CT molecular complexity index is 645. The van der Waals surface area contributed by atoms with Crippen molar-refractivity contribution in [3.8, 4) is 5.75 Å². The average Bonchev–Trinajstić information content (AvgIpc) is 3.47. The first-order valence-electron chi connectivity index (χ1n) is 9.09. The molecule has 8 heteroatoms. The summed E-state index contributed by atoms with van der Waals surface area (Å²) in [5, 5.41) is 15.6. The Labute approximate surface area is 159 Å². The summed E-state index contributed by atoms with van der Waals surface area (Å²) in [5.41, 5.74) is 1.20. The van der Waals surface area contributed by atoms with Crippen molar-refractivity contribution in [2.45, 2.75) is 19.3 Å². The molecular weight excluding hydrogens is 350 g/mol. The predicted molar refractivity (Wildman–Crippen MR) is 101 cm³/mol. The van der Waals surface area contributed by atoms with Crippen molar-refractivity contribution in [3.05, 3.63) is 30.6 Å². The first kappa shape index (κ1) is 20.7. The second-order valence-electron chi connectivity index (χ2n) is 6.79. The number of ether oxygens (including phenoxy) is 1. The molecule has 2 fully saturated rings. The molecule has 0 bridgehead atoms. The fourth-order valence-corrected chi connectivity index (χ4v) is 2.61. The van der Waals surface area contributed by atoms with Crippen LogP contribution in [0.1, 0.15) is 19.3 Å². The minimum atomic E-state index is -1.26. The number of nitrogens with zero attached hydrogens (tertiary/aromatic N) is 3. The number of likely N-dealkylation sites (N-methyl/N-ethyl adjacent to an activating group) is 1. The molecule has 1 aliphatic heterocycles. The van der Waals surface area contributed by atoms with Crippen molar-refractivity contribution in [2.24, 2.45) is 5.92 Å². The number of aliphatic carboxylic acids is 2. The summed E-state index contributed by atoms with van der Waals surface area (Å²) in [6, 6.07) is 2.14. The van der Waals surface area contributed by atoms with Gasteiger partial charge in [0, 0.05) is 37.9 Å². The summed E-state index contributed by atoms with van der Waals surface area (Å²) in [6.07, 6.45) is 8.76. The molecule has 1 saturated heterocycles. The number of carbonyl (C=O) groups is 2. The molecule has 1 aromatic rings. The van der Waals surface area contributed by atoms with Crippen LogP contribution >= 0.6 is 0 Å². The van der Waals surface area contributed by atoms with Crippen LogP contribution < -0.4 is 9.64 Å². The number of aromatic nitrogens is 1. The van der Waals surface area contributed by atoms with Gasteiger partial charge in [-0.05, 0) is 38.8 Å². The van der Waals surface area contributed by atoms with Gasteiger partial charge in [-0.3, -0.25) is 4.98 Å². The van der Waals surface area contributed by atoms with Crippen molar-refractivity contribution in [1.29, 1.82) is 0 Å². The average molecular weight is 377 g/mol. The van der Waals surface area contributed by atoms with Crippen molar-refractivity contribution in [1.82, 2.24) is 9.88 Å². The maximum atomic E-state index is 9.55. The van der Waals surface area contributed by atoms with Crippen molar-refractivity contribution in [2.75, 3.05) is 44.7 Å². The van der Waals surface area contributed by atoms with Gasteiger partial charge in [0.1, 0.15) is 5.75 Å². The molecule has 8 nitrogen and oxygen atoms in total. The molecule has 2 heterocycles. The van der Waals surface area contributed by atoms with Crippen molar-refractivity contribution >= 4 is 17.6 Å². The number of hydrogen-bond donors (Lipinski definition) is 2. The molecule has 0 spiro atoms. The van der Waals surface area contributed by atoms with Crippen LogP contribution in [0.3, 0.4) is 0 Å². The largest absolute Gasteiger partial charge is 0.492 e. The Kier molecular flexibility index (Phi) is 8.06. The standard InChI is InChI=1S/C15H23N3O.C4H4O4/c1-17-5-2-6-18(8-7-17)14-9-15(11-16-10-14)19-12-13-3-4-13;5-3(6)1-2-4(7)8/h9-11,13H,2-8,12H2,1H3;1-2H,(H,5,6)(H,7,8)/b;2-1+. The number of carboxylic acid groups (broad SMARTS) is 2.